The van der Waals surface area contributed by atoms with Gasteiger partial charge in [0.15, 0.2) is 29.5 Å². The molecule has 0 saturated carbocycles. The standard InChI is InChI=1S/C32H34F4O3/c1-3-5-6-7-8-18-37-27-17-16-25(31(35)32(27)36)22-12-10-21(11-13-22)24-14-15-26(30(34)29(24)33)23-19-38-28(9-4-2)39-20-23/h4,9-17,23,28H,3,5-8,18-20H2,1-2H3. The van der Waals surface area contributed by atoms with Crippen LogP contribution in [0.3, 0.4) is 0 Å². The molecular weight excluding hydrogens is 508 g/mol. The summed E-state index contributed by atoms with van der Waals surface area (Å²) in [6, 6.07) is 12.1. The van der Waals surface area contributed by atoms with Crippen molar-refractivity contribution in [3.63, 3.8) is 0 Å². The quantitative estimate of drug-likeness (QED) is 0.138. The second kappa shape index (κ2) is 13.8. The van der Waals surface area contributed by atoms with E-state index < -0.39 is 35.5 Å². The Morgan fingerprint density at radius 2 is 1.33 bits per heavy atom. The monoisotopic (exact) mass is 542 g/mol. The van der Waals surface area contributed by atoms with Crippen molar-refractivity contribution in [2.75, 3.05) is 19.8 Å². The van der Waals surface area contributed by atoms with Crippen molar-refractivity contribution < 1.29 is 31.8 Å². The summed E-state index contributed by atoms with van der Waals surface area (Å²) in [7, 11) is 0. The average Bonchev–Trinajstić information content (AvgIpc) is 2.95. The number of ether oxygens (including phenoxy) is 3. The van der Waals surface area contributed by atoms with Gasteiger partial charge in [-0.05, 0) is 48.2 Å². The van der Waals surface area contributed by atoms with Gasteiger partial charge in [-0.25, -0.2) is 13.2 Å². The van der Waals surface area contributed by atoms with E-state index >= 15 is 8.78 Å². The van der Waals surface area contributed by atoms with Gasteiger partial charge < -0.3 is 14.2 Å². The lowest BCUT2D eigenvalue weighted by Gasteiger charge is -2.28. The van der Waals surface area contributed by atoms with Crippen molar-refractivity contribution in [1.82, 2.24) is 0 Å². The number of hydrogen-bond acceptors (Lipinski definition) is 3. The van der Waals surface area contributed by atoms with E-state index in [4.69, 9.17) is 14.2 Å². The smallest absolute Gasteiger partial charge is 0.201 e. The Balaban J connectivity index is 1.45. The number of halogens is 4. The zero-order valence-electron chi connectivity index (χ0n) is 22.3. The Kier molecular flexibility index (Phi) is 10.2. The maximum absolute atomic E-state index is 15.1. The molecule has 0 bridgehead atoms. The largest absolute Gasteiger partial charge is 0.490 e. The minimum Gasteiger partial charge on any atom is -0.490 e. The summed E-state index contributed by atoms with van der Waals surface area (Å²) in [6.07, 6.45) is 8.19. The molecule has 1 aliphatic heterocycles. The zero-order valence-corrected chi connectivity index (χ0v) is 22.3. The highest BCUT2D eigenvalue weighted by molar-refractivity contribution is 5.72. The van der Waals surface area contributed by atoms with Gasteiger partial charge in [-0.1, -0.05) is 75.1 Å². The first-order valence-electron chi connectivity index (χ1n) is 13.5. The average molecular weight is 543 g/mol. The van der Waals surface area contributed by atoms with Gasteiger partial charge in [-0.3, -0.25) is 0 Å². The summed E-state index contributed by atoms with van der Waals surface area (Å²) >= 11 is 0. The van der Waals surface area contributed by atoms with E-state index in [0.29, 0.717) is 17.7 Å². The van der Waals surface area contributed by atoms with Crippen LogP contribution in [-0.2, 0) is 9.47 Å². The molecule has 0 aromatic heterocycles. The molecular formula is C32H34F4O3. The van der Waals surface area contributed by atoms with Crippen LogP contribution < -0.4 is 4.74 Å². The van der Waals surface area contributed by atoms with Gasteiger partial charge in [0.25, 0.3) is 0 Å². The summed E-state index contributed by atoms with van der Waals surface area (Å²) in [5, 5.41) is 0. The number of rotatable bonds is 11. The van der Waals surface area contributed by atoms with Crippen molar-refractivity contribution in [2.24, 2.45) is 0 Å². The fourth-order valence-electron chi connectivity index (χ4n) is 4.65. The number of allylic oxidation sites excluding steroid dienone is 1. The number of hydrogen-bond donors (Lipinski definition) is 0. The number of unbranched alkanes of at least 4 members (excludes halogenated alkanes) is 4. The molecule has 3 aromatic rings. The van der Waals surface area contributed by atoms with E-state index in [1.54, 1.807) is 36.4 Å². The van der Waals surface area contributed by atoms with Gasteiger partial charge in [0.2, 0.25) is 5.82 Å². The highest BCUT2D eigenvalue weighted by atomic mass is 19.2. The molecule has 1 heterocycles. The normalized spacial score (nSPS) is 17.6. The lowest BCUT2D eigenvalue weighted by Crippen LogP contribution is -2.30. The predicted octanol–water partition coefficient (Wildman–Crippen LogP) is 8.96. The Bertz CT molecular complexity index is 1270. The van der Waals surface area contributed by atoms with Crippen LogP contribution in [-0.4, -0.2) is 26.1 Å². The Hall–Kier alpha value is -3.16. The molecule has 3 nitrogen and oxygen atoms in total. The minimum atomic E-state index is -1.04. The molecule has 4 rings (SSSR count). The fourth-order valence-corrected chi connectivity index (χ4v) is 4.65. The van der Waals surface area contributed by atoms with Gasteiger partial charge in [0.1, 0.15) is 0 Å². The van der Waals surface area contributed by atoms with Gasteiger partial charge in [0, 0.05) is 17.0 Å². The van der Waals surface area contributed by atoms with Crippen LogP contribution in [0.2, 0.25) is 0 Å². The minimum absolute atomic E-state index is 0.0601. The lowest BCUT2D eigenvalue weighted by molar-refractivity contribution is -0.159. The molecule has 3 aromatic carbocycles. The lowest BCUT2D eigenvalue weighted by atomic mass is 9.94. The molecule has 7 heteroatoms. The first kappa shape index (κ1) is 28.8. The van der Waals surface area contributed by atoms with Gasteiger partial charge in [-0.2, -0.15) is 4.39 Å². The summed E-state index contributed by atoms with van der Waals surface area (Å²) < 4.78 is 76.2. The van der Waals surface area contributed by atoms with E-state index in [9.17, 15) is 8.78 Å². The van der Waals surface area contributed by atoms with Crippen LogP contribution in [0.25, 0.3) is 22.3 Å². The molecule has 0 unspecified atom stereocenters. The molecule has 0 spiro atoms. The van der Waals surface area contributed by atoms with E-state index in [1.165, 1.54) is 24.3 Å². The zero-order chi connectivity index (χ0) is 27.8. The van der Waals surface area contributed by atoms with Crippen molar-refractivity contribution >= 4 is 0 Å². The Morgan fingerprint density at radius 3 is 1.95 bits per heavy atom. The van der Waals surface area contributed by atoms with E-state index in [-0.39, 0.29) is 35.7 Å². The maximum Gasteiger partial charge on any atom is 0.201 e. The highest BCUT2D eigenvalue weighted by Gasteiger charge is 2.27. The van der Waals surface area contributed by atoms with Crippen LogP contribution in [0.5, 0.6) is 5.75 Å². The molecule has 208 valence electrons. The third-order valence-electron chi connectivity index (χ3n) is 6.88. The molecule has 39 heavy (non-hydrogen) atoms. The molecule has 0 amide bonds. The van der Waals surface area contributed by atoms with Gasteiger partial charge in [0.05, 0.1) is 19.8 Å². The first-order valence-corrected chi connectivity index (χ1v) is 13.5. The first-order chi connectivity index (χ1) is 18.9. The van der Waals surface area contributed by atoms with Gasteiger partial charge in [-0.15, -0.1) is 0 Å². The SMILES string of the molecule is CC=CC1OCC(c2ccc(-c3ccc(-c4ccc(OCCCCCCC)c(F)c4F)cc3)c(F)c2F)CO1. The maximum atomic E-state index is 15.1. The van der Waals surface area contributed by atoms with E-state index in [0.717, 1.165) is 32.1 Å². The van der Waals surface area contributed by atoms with Crippen molar-refractivity contribution in [1.29, 1.82) is 0 Å². The van der Waals surface area contributed by atoms with Gasteiger partial charge >= 0.3 is 0 Å². The van der Waals surface area contributed by atoms with Crippen LogP contribution in [0.1, 0.15) is 57.4 Å². The Morgan fingerprint density at radius 1 is 0.744 bits per heavy atom. The second-order valence-corrected chi connectivity index (χ2v) is 9.67. The molecule has 1 fully saturated rings. The van der Waals surface area contributed by atoms with Crippen LogP contribution in [0.15, 0.2) is 60.7 Å². The third-order valence-corrected chi connectivity index (χ3v) is 6.88. The topological polar surface area (TPSA) is 27.7 Å². The molecule has 1 aliphatic rings. The van der Waals surface area contributed by atoms with Crippen molar-refractivity contribution in [3.05, 3.63) is 89.5 Å². The van der Waals surface area contributed by atoms with E-state index in [2.05, 4.69) is 6.92 Å². The van der Waals surface area contributed by atoms with Crippen molar-refractivity contribution in [2.45, 2.75) is 58.2 Å². The summed E-state index contributed by atoms with van der Waals surface area (Å²) in [4.78, 5) is 0. The third kappa shape index (κ3) is 6.89. The van der Waals surface area contributed by atoms with E-state index in [1.807, 2.05) is 6.92 Å². The molecule has 0 N–H and O–H groups in total. The molecule has 1 saturated heterocycles. The summed E-state index contributed by atoms with van der Waals surface area (Å²) in [5.41, 5.74) is 1.14. The summed E-state index contributed by atoms with van der Waals surface area (Å²) in [5.74, 6) is -4.53. The fraction of sp³-hybridized carbons (Fsp3) is 0.375. The van der Waals surface area contributed by atoms with Crippen LogP contribution in [0, 0.1) is 23.3 Å². The van der Waals surface area contributed by atoms with Crippen molar-refractivity contribution in [3.8, 4) is 28.0 Å². The Labute approximate surface area is 227 Å². The molecule has 0 atom stereocenters. The second-order valence-electron chi connectivity index (χ2n) is 9.67. The molecule has 0 radical (unpaired) electrons. The predicted molar refractivity (Wildman–Crippen MR) is 145 cm³/mol. The number of benzene rings is 3. The highest BCUT2D eigenvalue weighted by Crippen LogP contribution is 2.34. The van der Waals surface area contributed by atoms with Crippen LogP contribution >= 0.6 is 0 Å². The molecule has 0 aliphatic carbocycles. The van der Waals surface area contributed by atoms with Crippen LogP contribution in [0.4, 0.5) is 17.6 Å². The summed E-state index contributed by atoms with van der Waals surface area (Å²) in [6.45, 7) is 4.72.